The van der Waals surface area contributed by atoms with Crippen molar-refractivity contribution < 1.29 is 19.1 Å². The molecule has 2 saturated heterocycles. The fraction of sp³-hybridized carbons (Fsp3) is 0.833. The molecule has 2 aliphatic rings. The third kappa shape index (κ3) is 1.39. The summed E-state index contributed by atoms with van der Waals surface area (Å²) in [6.07, 6.45) is 0.374. The van der Waals surface area contributed by atoms with Crippen LogP contribution in [-0.4, -0.2) is 49.2 Å². The number of nitrogens with zero attached hydrogens (tertiary/aromatic N) is 1. The van der Waals surface area contributed by atoms with Gasteiger partial charge in [0.15, 0.2) is 5.72 Å². The first kappa shape index (κ1) is 12.5. The summed E-state index contributed by atoms with van der Waals surface area (Å²) in [6, 6.07) is 0. The van der Waals surface area contributed by atoms with Crippen LogP contribution in [0.1, 0.15) is 20.3 Å². The Morgan fingerprint density at radius 2 is 2.12 bits per heavy atom. The summed E-state index contributed by atoms with van der Waals surface area (Å²) in [5.74, 6) is -0.858. The lowest BCUT2D eigenvalue weighted by molar-refractivity contribution is -0.184. The zero-order valence-corrected chi connectivity index (χ0v) is 10.7. The zero-order valence-electron chi connectivity index (χ0n) is 10.7. The van der Waals surface area contributed by atoms with Crippen molar-refractivity contribution in [2.75, 3.05) is 20.8 Å². The van der Waals surface area contributed by atoms with Crippen LogP contribution in [0.3, 0.4) is 0 Å². The monoisotopic (exact) mass is 241 g/mol. The Bertz CT molecular complexity index is 356. The highest BCUT2D eigenvalue weighted by Crippen LogP contribution is 2.47. The third-order valence-electron chi connectivity index (χ3n) is 4.18. The molecule has 2 rings (SSSR count). The molecule has 2 aliphatic heterocycles. The number of ketones is 1. The lowest BCUT2D eigenvalue weighted by atomic mass is 9.87. The van der Waals surface area contributed by atoms with Gasteiger partial charge in [-0.3, -0.25) is 9.59 Å². The van der Waals surface area contributed by atoms with Gasteiger partial charge in [0.05, 0.1) is 0 Å². The summed E-state index contributed by atoms with van der Waals surface area (Å²) in [5.41, 5.74) is -0.762. The number of carbonyl (C=O) groups excluding carboxylic acids is 2. The Hall–Kier alpha value is -0.940. The fourth-order valence-corrected chi connectivity index (χ4v) is 3.34. The van der Waals surface area contributed by atoms with Crippen LogP contribution < -0.4 is 0 Å². The molecule has 17 heavy (non-hydrogen) atoms. The number of ether oxygens (including phenoxy) is 2. The Balaban J connectivity index is 2.48. The first-order chi connectivity index (χ1) is 8.00. The van der Waals surface area contributed by atoms with E-state index in [4.69, 9.17) is 9.47 Å². The summed E-state index contributed by atoms with van der Waals surface area (Å²) < 4.78 is 11.0. The van der Waals surface area contributed by atoms with Crippen LogP contribution in [-0.2, 0) is 19.1 Å². The first-order valence-corrected chi connectivity index (χ1v) is 5.90. The molecular weight excluding hydrogens is 222 g/mol. The van der Waals surface area contributed by atoms with Crippen LogP contribution in [0.2, 0.25) is 0 Å². The van der Waals surface area contributed by atoms with E-state index in [9.17, 15) is 9.59 Å². The predicted octanol–water partition coefficient (Wildman–Crippen LogP) is 0.431. The van der Waals surface area contributed by atoms with Gasteiger partial charge in [0.2, 0.25) is 5.91 Å². The summed E-state index contributed by atoms with van der Waals surface area (Å²) in [6.45, 7) is 4.10. The molecule has 0 aliphatic carbocycles. The van der Waals surface area contributed by atoms with Crippen LogP contribution in [0.5, 0.6) is 0 Å². The van der Waals surface area contributed by atoms with Gasteiger partial charge in [0.1, 0.15) is 17.8 Å². The van der Waals surface area contributed by atoms with E-state index in [0.717, 1.165) is 6.42 Å². The number of hydrogen-bond acceptors (Lipinski definition) is 4. The van der Waals surface area contributed by atoms with Gasteiger partial charge in [-0.15, -0.1) is 0 Å². The summed E-state index contributed by atoms with van der Waals surface area (Å²) >= 11 is 0. The van der Waals surface area contributed by atoms with Gasteiger partial charge in [-0.1, -0.05) is 6.92 Å². The summed E-state index contributed by atoms with van der Waals surface area (Å²) in [7, 11) is 3.11. The SMILES string of the molecule is CO[C@@H]1C(C(C)=O)C(=O)N2CC[C@@H](C)[C@@]12OC. The molecule has 5 heteroatoms. The van der Waals surface area contributed by atoms with Gasteiger partial charge in [-0.05, 0) is 13.3 Å². The maximum Gasteiger partial charge on any atom is 0.238 e. The number of methoxy groups -OCH3 is 2. The largest absolute Gasteiger partial charge is 0.375 e. The van der Waals surface area contributed by atoms with E-state index in [0.29, 0.717) is 6.54 Å². The second kappa shape index (κ2) is 4.07. The van der Waals surface area contributed by atoms with Crippen molar-refractivity contribution in [1.29, 1.82) is 0 Å². The molecule has 2 heterocycles. The highest BCUT2D eigenvalue weighted by Gasteiger charge is 2.65. The second-order valence-corrected chi connectivity index (χ2v) is 4.88. The minimum atomic E-state index is -0.762. The number of rotatable bonds is 3. The number of Topliss-reactive ketones (excluding diaryl/α,β-unsaturated/α-hetero) is 1. The van der Waals surface area contributed by atoms with Gasteiger partial charge in [-0.25, -0.2) is 0 Å². The van der Waals surface area contributed by atoms with Crippen molar-refractivity contribution in [3.05, 3.63) is 0 Å². The fourth-order valence-electron chi connectivity index (χ4n) is 3.34. The number of carbonyl (C=O) groups is 2. The third-order valence-corrected chi connectivity index (χ3v) is 4.18. The molecule has 5 nitrogen and oxygen atoms in total. The van der Waals surface area contributed by atoms with Gasteiger partial charge < -0.3 is 14.4 Å². The predicted molar refractivity (Wildman–Crippen MR) is 60.2 cm³/mol. The van der Waals surface area contributed by atoms with Crippen LogP contribution in [0.15, 0.2) is 0 Å². The van der Waals surface area contributed by atoms with Crippen molar-refractivity contribution in [3.8, 4) is 0 Å². The van der Waals surface area contributed by atoms with Gasteiger partial charge >= 0.3 is 0 Å². The molecule has 2 fully saturated rings. The molecule has 0 aromatic rings. The van der Waals surface area contributed by atoms with Crippen molar-refractivity contribution in [3.63, 3.8) is 0 Å². The van der Waals surface area contributed by atoms with Gasteiger partial charge in [0, 0.05) is 26.7 Å². The van der Waals surface area contributed by atoms with Crippen molar-refractivity contribution in [2.24, 2.45) is 11.8 Å². The molecule has 1 unspecified atom stereocenters. The maximum absolute atomic E-state index is 12.3. The minimum absolute atomic E-state index is 0.153. The highest BCUT2D eigenvalue weighted by molar-refractivity contribution is 6.03. The normalized spacial score (nSPS) is 40.8. The zero-order chi connectivity index (χ0) is 12.8. The van der Waals surface area contributed by atoms with Crippen molar-refractivity contribution >= 4 is 11.7 Å². The lowest BCUT2D eigenvalue weighted by Crippen LogP contribution is -2.53. The van der Waals surface area contributed by atoms with E-state index in [2.05, 4.69) is 0 Å². The van der Waals surface area contributed by atoms with Gasteiger partial charge in [0.25, 0.3) is 0 Å². The lowest BCUT2D eigenvalue weighted by Gasteiger charge is -2.38. The van der Waals surface area contributed by atoms with Crippen LogP contribution >= 0.6 is 0 Å². The molecule has 0 aromatic carbocycles. The van der Waals surface area contributed by atoms with E-state index in [-0.39, 0.29) is 17.6 Å². The average molecular weight is 241 g/mol. The maximum atomic E-state index is 12.3. The average Bonchev–Trinajstić information content (AvgIpc) is 2.74. The minimum Gasteiger partial charge on any atom is -0.375 e. The number of hydrogen-bond donors (Lipinski definition) is 0. The quantitative estimate of drug-likeness (QED) is 0.672. The second-order valence-electron chi connectivity index (χ2n) is 4.88. The van der Waals surface area contributed by atoms with E-state index in [1.165, 1.54) is 14.0 Å². The van der Waals surface area contributed by atoms with E-state index in [1.807, 2.05) is 6.92 Å². The smallest absolute Gasteiger partial charge is 0.238 e. The number of amides is 1. The summed E-state index contributed by atoms with van der Waals surface area (Å²) in [4.78, 5) is 25.6. The molecule has 0 radical (unpaired) electrons. The van der Waals surface area contributed by atoms with E-state index >= 15 is 0 Å². The Morgan fingerprint density at radius 3 is 2.59 bits per heavy atom. The Morgan fingerprint density at radius 1 is 1.47 bits per heavy atom. The molecule has 0 bridgehead atoms. The summed E-state index contributed by atoms with van der Waals surface area (Å²) in [5, 5.41) is 0. The molecule has 4 atom stereocenters. The van der Waals surface area contributed by atoms with Crippen LogP contribution in [0, 0.1) is 11.8 Å². The standard InChI is InChI=1S/C12H19NO4/c1-7-5-6-13-11(15)9(8(2)14)10(16-3)12(7,13)17-4/h7,9-10H,5-6H2,1-4H3/t7-,9?,10-,12-/m1/s1. The van der Waals surface area contributed by atoms with Crippen LogP contribution in [0.25, 0.3) is 0 Å². The molecule has 0 N–H and O–H groups in total. The highest BCUT2D eigenvalue weighted by atomic mass is 16.6. The molecule has 0 saturated carbocycles. The number of fused-ring (bicyclic) bond motifs is 1. The van der Waals surface area contributed by atoms with E-state index < -0.39 is 17.7 Å². The van der Waals surface area contributed by atoms with Gasteiger partial charge in [-0.2, -0.15) is 0 Å². The topological polar surface area (TPSA) is 55.8 Å². The van der Waals surface area contributed by atoms with Crippen molar-refractivity contribution in [1.82, 2.24) is 4.90 Å². The molecular formula is C12H19NO4. The Labute approximate surface area is 101 Å². The molecule has 0 spiro atoms. The first-order valence-electron chi connectivity index (χ1n) is 5.90. The molecule has 96 valence electrons. The van der Waals surface area contributed by atoms with Crippen LogP contribution in [0.4, 0.5) is 0 Å². The molecule has 0 aromatic heterocycles. The van der Waals surface area contributed by atoms with E-state index in [1.54, 1.807) is 12.0 Å². The molecule has 1 amide bonds. The van der Waals surface area contributed by atoms with Crippen molar-refractivity contribution in [2.45, 2.75) is 32.1 Å². The Kier molecular flexibility index (Phi) is 2.99.